The van der Waals surface area contributed by atoms with Crippen LogP contribution in [0.5, 0.6) is 0 Å². The SMILES string of the molecule is Cc1cnc(C)c(N2CCC3(CCCN(C)CC3)CC2)n1. The van der Waals surface area contributed by atoms with Crippen molar-refractivity contribution in [2.24, 2.45) is 5.41 Å². The Hall–Kier alpha value is -1.16. The molecule has 4 heteroatoms. The number of aryl methyl sites for hydroxylation is 2. The lowest BCUT2D eigenvalue weighted by atomic mass is 9.73. The highest BCUT2D eigenvalue weighted by molar-refractivity contribution is 5.43. The van der Waals surface area contributed by atoms with Gasteiger partial charge in [0.2, 0.25) is 0 Å². The van der Waals surface area contributed by atoms with Crippen molar-refractivity contribution >= 4 is 5.82 Å². The maximum absolute atomic E-state index is 4.72. The fourth-order valence-corrected chi connectivity index (χ4v) is 3.91. The van der Waals surface area contributed by atoms with Crippen molar-refractivity contribution in [3.05, 3.63) is 17.6 Å². The normalized spacial score (nSPS) is 23.3. The summed E-state index contributed by atoms with van der Waals surface area (Å²) >= 11 is 0. The molecule has 0 bridgehead atoms. The summed E-state index contributed by atoms with van der Waals surface area (Å²) in [5.41, 5.74) is 2.68. The third-order valence-corrected chi connectivity index (χ3v) is 5.45. The maximum atomic E-state index is 4.72. The molecule has 2 aliphatic heterocycles. The molecule has 1 spiro atoms. The van der Waals surface area contributed by atoms with Crippen molar-refractivity contribution in [3.63, 3.8) is 0 Å². The average Bonchev–Trinajstić information content (AvgIpc) is 2.66. The van der Waals surface area contributed by atoms with Gasteiger partial charge in [-0.15, -0.1) is 0 Å². The molecule has 0 saturated carbocycles. The minimum Gasteiger partial charge on any atom is -0.355 e. The molecule has 0 unspecified atom stereocenters. The molecule has 21 heavy (non-hydrogen) atoms. The predicted octanol–water partition coefficient (Wildman–Crippen LogP) is 2.80. The van der Waals surface area contributed by atoms with Crippen molar-refractivity contribution in [2.75, 3.05) is 38.1 Å². The lowest BCUT2D eigenvalue weighted by Crippen LogP contribution is -2.41. The summed E-state index contributed by atoms with van der Waals surface area (Å²) < 4.78 is 0. The van der Waals surface area contributed by atoms with Crippen LogP contribution in [0.2, 0.25) is 0 Å². The summed E-state index contributed by atoms with van der Waals surface area (Å²) in [5, 5.41) is 0. The Bertz CT molecular complexity index is 492. The lowest BCUT2D eigenvalue weighted by molar-refractivity contribution is 0.184. The van der Waals surface area contributed by atoms with Gasteiger partial charge in [0.05, 0.1) is 11.4 Å². The van der Waals surface area contributed by atoms with Crippen molar-refractivity contribution in [2.45, 2.75) is 46.0 Å². The standard InChI is InChI=1S/C17H28N4/c1-14-13-18-15(2)16(19-14)21-11-7-17(8-12-21)5-4-9-20(3)10-6-17/h13H,4-12H2,1-3H3. The highest BCUT2D eigenvalue weighted by atomic mass is 15.2. The summed E-state index contributed by atoms with van der Waals surface area (Å²) in [4.78, 5) is 14.1. The van der Waals surface area contributed by atoms with Crippen molar-refractivity contribution in [3.8, 4) is 0 Å². The zero-order valence-electron chi connectivity index (χ0n) is 13.7. The zero-order valence-corrected chi connectivity index (χ0v) is 13.7. The van der Waals surface area contributed by atoms with Gasteiger partial charge in [0.15, 0.2) is 0 Å². The van der Waals surface area contributed by atoms with E-state index >= 15 is 0 Å². The van der Waals surface area contributed by atoms with Crippen LogP contribution in [0.1, 0.15) is 43.5 Å². The van der Waals surface area contributed by atoms with Gasteiger partial charge in [-0.1, -0.05) is 0 Å². The van der Waals surface area contributed by atoms with Gasteiger partial charge in [-0.2, -0.15) is 0 Å². The van der Waals surface area contributed by atoms with Crippen LogP contribution in [-0.2, 0) is 0 Å². The topological polar surface area (TPSA) is 32.3 Å². The van der Waals surface area contributed by atoms with Gasteiger partial charge in [-0.25, -0.2) is 4.98 Å². The third kappa shape index (κ3) is 3.20. The van der Waals surface area contributed by atoms with Crippen LogP contribution in [0, 0.1) is 19.3 Å². The van der Waals surface area contributed by atoms with Gasteiger partial charge in [0.25, 0.3) is 0 Å². The number of anilines is 1. The molecular formula is C17H28N4. The van der Waals surface area contributed by atoms with Crippen LogP contribution in [0.25, 0.3) is 0 Å². The molecule has 4 nitrogen and oxygen atoms in total. The van der Waals surface area contributed by atoms with E-state index in [1.54, 1.807) is 0 Å². The average molecular weight is 288 g/mol. The molecule has 0 atom stereocenters. The van der Waals surface area contributed by atoms with Crippen LogP contribution >= 0.6 is 0 Å². The molecule has 3 rings (SSSR count). The Morgan fingerprint density at radius 2 is 1.71 bits per heavy atom. The van der Waals surface area contributed by atoms with E-state index in [1.807, 2.05) is 13.1 Å². The van der Waals surface area contributed by atoms with E-state index in [-0.39, 0.29) is 0 Å². The molecule has 0 amide bonds. The third-order valence-electron chi connectivity index (χ3n) is 5.45. The van der Waals surface area contributed by atoms with Gasteiger partial charge in [0, 0.05) is 19.3 Å². The Labute approximate surface area is 128 Å². The molecule has 2 aliphatic rings. The second-order valence-corrected chi connectivity index (χ2v) is 7.06. The Morgan fingerprint density at radius 3 is 2.48 bits per heavy atom. The van der Waals surface area contributed by atoms with Gasteiger partial charge in [-0.05, 0) is 71.5 Å². The zero-order chi connectivity index (χ0) is 14.9. The van der Waals surface area contributed by atoms with E-state index in [1.165, 1.54) is 45.2 Å². The Kier molecular flexibility index (Phi) is 4.16. The number of hydrogen-bond acceptors (Lipinski definition) is 4. The first-order chi connectivity index (χ1) is 10.1. The van der Waals surface area contributed by atoms with Gasteiger partial charge in [0.1, 0.15) is 5.82 Å². The number of nitrogens with zero attached hydrogens (tertiary/aromatic N) is 4. The first kappa shape index (κ1) is 14.8. The molecule has 3 heterocycles. The summed E-state index contributed by atoms with van der Waals surface area (Å²) in [6, 6.07) is 0. The molecule has 2 fully saturated rings. The minimum absolute atomic E-state index is 0.590. The van der Waals surface area contributed by atoms with E-state index in [0.29, 0.717) is 5.41 Å². The largest absolute Gasteiger partial charge is 0.355 e. The summed E-state index contributed by atoms with van der Waals surface area (Å²) in [5.74, 6) is 1.11. The molecule has 116 valence electrons. The van der Waals surface area contributed by atoms with E-state index in [9.17, 15) is 0 Å². The smallest absolute Gasteiger partial charge is 0.150 e. The Morgan fingerprint density at radius 1 is 1.00 bits per heavy atom. The van der Waals surface area contributed by atoms with Crippen LogP contribution in [-0.4, -0.2) is 48.1 Å². The molecule has 0 radical (unpaired) electrons. The molecule has 0 aliphatic carbocycles. The summed E-state index contributed by atoms with van der Waals surface area (Å²) in [6.07, 6.45) is 8.64. The van der Waals surface area contributed by atoms with E-state index in [4.69, 9.17) is 4.98 Å². The fourth-order valence-electron chi connectivity index (χ4n) is 3.91. The van der Waals surface area contributed by atoms with Crippen molar-refractivity contribution in [1.82, 2.24) is 14.9 Å². The summed E-state index contributed by atoms with van der Waals surface area (Å²) in [6.45, 7) is 8.93. The lowest BCUT2D eigenvalue weighted by Gasteiger charge is -2.42. The number of piperidine rings is 1. The monoisotopic (exact) mass is 288 g/mol. The highest BCUT2D eigenvalue weighted by Crippen LogP contribution is 2.41. The van der Waals surface area contributed by atoms with Crippen LogP contribution in [0.3, 0.4) is 0 Å². The van der Waals surface area contributed by atoms with Crippen LogP contribution in [0.4, 0.5) is 5.82 Å². The maximum Gasteiger partial charge on any atom is 0.150 e. The van der Waals surface area contributed by atoms with Gasteiger partial charge < -0.3 is 9.80 Å². The number of rotatable bonds is 1. The number of likely N-dealkylation sites (tertiary alicyclic amines) is 1. The Balaban J connectivity index is 1.68. The summed E-state index contributed by atoms with van der Waals surface area (Å²) in [7, 11) is 2.26. The number of aromatic nitrogens is 2. The molecule has 0 N–H and O–H groups in total. The molecule has 2 saturated heterocycles. The highest BCUT2D eigenvalue weighted by Gasteiger charge is 2.36. The van der Waals surface area contributed by atoms with Crippen LogP contribution < -0.4 is 4.90 Å². The number of hydrogen-bond donors (Lipinski definition) is 0. The van der Waals surface area contributed by atoms with Crippen molar-refractivity contribution < 1.29 is 0 Å². The predicted molar refractivity (Wildman–Crippen MR) is 86.7 cm³/mol. The van der Waals surface area contributed by atoms with Gasteiger partial charge in [-0.3, -0.25) is 4.98 Å². The molecular weight excluding hydrogens is 260 g/mol. The fraction of sp³-hybridized carbons (Fsp3) is 0.765. The molecule has 1 aromatic rings. The minimum atomic E-state index is 0.590. The second kappa shape index (κ2) is 5.91. The van der Waals surface area contributed by atoms with E-state index in [2.05, 4.69) is 28.8 Å². The van der Waals surface area contributed by atoms with Crippen LogP contribution in [0.15, 0.2) is 6.20 Å². The van der Waals surface area contributed by atoms with Crippen molar-refractivity contribution in [1.29, 1.82) is 0 Å². The molecule has 0 aromatic carbocycles. The first-order valence-corrected chi connectivity index (χ1v) is 8.32. The quantitative estimate of drug-likeness (QED) is 0.795. The first-order valence-electron chi connectivity index (χ1n) is 8.32. The van der Waals surface area contributed by atoms with Gasteiger partial charge >= 0.3 is 0 Å². The van der Waals surface area contributed by atoms with E-state index < -0.39 is 0 Å². The molecule has 1 aromatic heterocycles. The second-order valence-electron chi connectivity index (χ2n) is 7.06. The van der Waals surface area contributed by atoms with E-state index in [0.717, 1.165) is 30.3 Å².